The highest BCUT2D eigenvalue weighted by Gasteiger charge is 2.39. The van der Waals surface area contributed by atoms with E-state index in [1.807, 2.05) is 24.3 Å². The molecule has 1 aromatic rings. The summed E-state index contributed by atoms with van der Waals surface area (Å²) in [5, 5.41) is 7.50. The summed E-state index contributed by atoms with van der Waals surface area (Å²) in [4.78, 5) is 0. The maximum Gasteiger partial charge on any atom is 0.171 e. The number of rotatable bonds is 2. The van der Waals surface area contributed by atoms with Gasteiger partial charge in [0.25, 0.3) is 0 Å². The van der Waals surface area contributed by atoms with Crippen LogP contribution in [0.4, 0.5) is 5.69 Å². The molecule has 2 aliphatic carbocycles. The van der Waals surface area contributed by atoms with Crippen molar-refractivity contribution >= 4 is 38.9 Å². The lowest BCUT2D eigenvalue weighted by Gasteiger charge is -2.24. The number of fused-ring (bicyclic) bond motifs is 2. The van der Waals surface area contributed by atoms with Crippen molar-refractivity contribution in [1.29, 1.82) is 0 Å². The summed E-state index contributed by atoms with van der Waals surface area (Å²) >= 11 is 8.82. The molecule has 0 spiro atoms. The van der Waals surface area contributed by atoms with Gasteiger partial charge in [-0.25, -0.2) is 0 Å². The first-order valence-corrected chi connectivity index (χ1v) is 7.74. The van der Waals surface area contributed by atoms with Crippen molar-refractivity contribution in [3.63, 3.8) is 0 Å². The predicted molar refractivity (Wildman–Crippen MR) is 82.7 cm³/mol. The van der Waals surface area contributed by atoms with Gasteiger partial charge < -0.3 is 10.6 Å². The Morgan fingerprint density at radius 1 is 1.17 bits per heavy atom. The quantitative estimate of drug-likeness (QED) is 0.806. The van der Waals surface area contributed by atoms with Crippen molar-refractivity contribution < 1.29 is 0 Å². The zero-order chi connectivity index (χ0) is 12.5. The van der Waals surface area contributed by atoms with Crippen LogP contribution in [0.15, 0.2) is 28.7 Å². The number of anilines is 1. The minimum atomic E-state index is 0.596. The lowest BCUT2D eigenvalue weighted by Crippen LogP contribution is -2.40. The SMILES string of the molecule is S=C(Nc1ccc(Br)cc1)N[C@@H]1C[C@H]2CC[C@H]1C2. The van der Waals surface area contributed by atoms with E-state index < -0.39 is 0 Å². The molecule has 2 saturated carbocycles. The molecule has 96 valence electrons. The van der Waals surface area contributed by atoms with Crippen LogP contribution >= 0.6 is 28.1 Å². The van der Waals surface area contributed by atoms with E-state index in [0.717, 1.165) is 27.1 Å². The largest absolute Gasteiger partial charge is 0.359 e. The van der Waals surface area contributed by atoms with Gasteiger partial charge >= 0.3 is 0 Å². The van der Waals surface area contributed by atoms with Gasteiger partial charge in [0.1, 0.15) is 0 Å². The van der Waals surface area contributed by atoms with Crippen molar-refractivity contribution in [2.45, 2.75) is 31.7 Å². The molecule has 2 nitrogen and oxygen atoms in total. The van der Waals surface area contributed by atoms with Crippen molar-refractivity contribution in [2.24, 2.45) is 11.8 Å². The average molecular weight is 325 g/mol. The smallest absolute Gasteiger partial charge is 0.171 e. The second-order valence-corrected chi connectivity index (χ2v) is 6.71. The molecule has 0 heterocycles. The summed E-state index contributed by atoms with van der Waals surface area (Å²) in [5.74, 6) is 1.79. The molecule has 0 radical (unpaired) electrons. The third-order valence-corrected chi connectivity index (χ3v) is 4.91. The van der Waals surface area contributed by atoms with E-state index in [-0.39, 0.29) is 0 Å². The highest BCUT2D eigenvalue weighted by Crippen LogP contribution is 2.44. The van der Waals surface area contributed by atoms with E-state index >= 15 is 0 Å². The fourth-order valence-electron chi connectivity index (χ4n) is 3.29. The molecule has 0 saturated heterocycles. The lowest BCUT2D eigenvalue weighted by atomic mass is 9.96. The maximum absolute atomic E-state index is 5.39. The molecule has 2 N–H and O–H groups in total. The van der Waals surface area contributed by atoms with E-state index in [1.165, 1.54) is 25.7 Å². The highest BCUT2D eigenvalue weighted by atomic mass is 79.9. The number of hydrogen-bond acceptors (Lipinski definition) is 1. The van der Waals surface area contributed by atoms with Crippen LogP contribution in [-0.2, 0) is 0 Å². The first kappa shape index (κ1) is 12.4. The summed E-state index contributed by atoms with van der Waals surface area (Å²) in [7, 11) is 0. The fourth-order valence-corrected chi connectivity index (χ4v) is 3.82. The zero-order valence-electron chi connectivity index (χ0n) is 10.2. The molecule has 0 aromatic heterocycles. The Labute approximate surface area is 122 Å². The Balaban J connectivity index is 1.54. The van der Waals surface area contributed by atoms with Crippen LogP contribution < -0.4 is 10.6 Å². The summed E-state index contributed by atoms with van der Waals surface area (Å²) in [6.45, 7) is 0. The minimum absolute atomic E-state index is 0.596. The molecule has 0 amide bonds. The number of benzene rings is 1. The van der Waals surface area contributed by atoms with Gasteiger partial charge in [0.15, 0.2) is 5.11 Å². The Kier molecular flexibility index (Phi) is 3.57. The number of nitrogens with one attached hydrogen (secondary N) is 2. The molecule has 1 aromatic carbocycles. The van der Waals surface area contributed by atoms with Crippen LogP contribution in [0.3, 0.4) is 0 Å². The van der Waals surface area contributed by atoms with Gasteiger partial charge in [0.2, 0.25) is 0 Å². The lowest BCUT2D eigenvalue weighted by molar-refractivity contribution is 0.392. The third-order valence-electron chi connectivity index (χ3n) is 4.16. The fraction of sp³-hybridized carbons (Fsp3) is 0.500. The molecular weight excluding hydrogens is 308 g/mol. The van der Waals surface area contributed by atoms with E-state index in [0.29, 0.717) is 6.04 Å². The topological polar surface area (TPSA) is 24.1 Å². The third kappa shape index (κ3) is 2.69. The molecular formula is C14H17BrN2S. The van der Waals surface area contributed by atoms with Crippen LogP contribution in [0.25, 0.3) is 0 Å². The van der Waals surface area contributed by atoms with Gasteiger partial charge in [0, 0.05) is 16.2 Å². The van der Waals surface area contributed by atoms with E-state index in [9.17, 15) is 0 Å². The molecule has 0 aliphatic heterocycles. The second-order valence-electron chi connectivity index (χ2n) is 5.39. The molecule has 3 atom stereocenters. The van der Waals surface area contributed by atoms with E-state index in [2.05, 4.69) is 26.6 Å². The standard InChI is InChI=1S/C14H17BrN2S/c15-11-3-5-12(6-4-11)16-14(18)17-13-8-9-1-2-10(13)7-9/h3-6,9-10,13H,1-2,7-8H2,(H2,16,17,18)/t9-,10-,13+/m0/s1. The van der Waals surface area contributed by atoms with Crippen molar-refractivity contribution in [3.8, 4) is 0 Å². The number of thiocarbonyl (C=S) groups is 1. The summed E-state index contributed by atoms with van der Waals surface area (Å²) < 4.78 is 1.08. The van der Waals surface area contributed by atoms with Gasteiger partial charge in [0.05, 0.1) is 0 Å². The van der Waals surface area contributed by atoms with Crippen molar-refractivity contribution in [3.05, 3.63) is 28.7 Å². The summed E-state index contributed by atoms with van der Waals surface area (Å²) in [6, 6.07) is 8.68. The van der Waals surface area contributed by atoms with Gasteiger partial charge in [-0.3, -0.25) is 0 Å². The molecule has 2 fully saturated rings. The van der Waals surface area contributed by atoms with Crippen LogP contribution in [0.5, 0.6) is 0 Å². The van der Waals surface area contributed by atoms with Gasteiger partial charge in [-0.05, 0) is 67.6 Å². The molecule has 3 rings (SSSR count). The first-order chi connectivity index (χ1) is 8.70. The van der Waals surface area contributed by atoms with Gasteiger partial charge in [-0.15, -0.1) is 0 Å². The Hall–Kier alpha value is -0.610. The Bertz CT molecular complexity index is 446. The molecule has 4 heteroatoms. The van der Waals surface area contributed by atoms with Crippen molar-refractivity contribution in [1.82, 2.24) is 5.32 Å². The monoisotopic (exact) mass is 324 g/mol. The van der Waals surface area contributed by atoms with Crippen molar-refractivity contribution in [2.75, 3.05) is 5.32 Å². The molecule has 0 unspecified atom stereocenters. The minimum Gasteiger partial charge on any atom is -0.359 e. The zero-order valence-corrected chi connectivity index (χ0v) is 12.6. The summed E-state index contributed by atoms with van der Waals surface area (Å²) in [6.07, 6.45) is 5.50. The van der Waals surface area contributed by atoms with E-state index in [4.69, 9.17) is 12.2 Å². The normalized spacial score (nSPS) is 29.3. The molecule has 18 heavy (non-hydrogen) atoms. The number of halogens is 1. The average Bonchev–Trinajstić information content (AvgIpc) is 2.94. The highest BCUT2D eigenvalue weighted by molar-refractivity contribution is 9.10. The van der Waals surface area contributed by atoms with E-state index in [1.54, 1.807) is 0 Å². The Morgan fingerprint density at radius 3 is 2.56 bits per heavy atom. The van der Waals surface area contributed by atoms with Crippen LogP contribution in [0, 0.1) is 11.8 Å². The maximum atomic E-state index is 5.39. The number of hydrogen-bond donors (Lipinski definition) is 2. The summed E-state index contributed by atoms with van der Waals surface area (Å²) in [5.41, 5.74) is 1.04. The molecule has 2 bridgehead atoms. The molecule has 2 aliphatic rings. The predicted octanol–water partition coefficient (Wildman–Crippen LogP) is 3.92. The van der Waals surface area contributed by atoms with Crippen LogP contribution in [-0.4, -0.2) is 11.2 Å². The van der Waals surface area contributed by atoms with Gasteiger partial charge in [-0.1, -0.05) is 22.4 Å². The first-order valence-electron chi connectivity index (χ1n) is 6.54. The second kappa shape index (κ2) is 5.17. The Morgan fingerprint density at radius 2 is 1.94 bits per heavy atom. The van der Waals surface area contributed by atoms with Crippen LogP contribution in [0.2, 0.25) is 0 Å². The van der Waals surface area contributed by atoms with Crippen LogP contribution in [0.1, 0.15) is 25.7 Å². The van der Waals surface area contributed by atoms with Gasteiger partial charge in [-0.2, -0.15) is 0 Å².